The van der Waals surface area contributed by atoms with E-state index in [1.165, 1.54) is 37.3 Å². The molecule has 1 aromatic heterocycles. The van der Waals surface area contributed by atoms with Crippen LogP contribution in [0.3, 0.4) is 0 Å². The monoisotopic (exact) mass is 405 g/mol. The molecule has 3 nitrogen and oxygen atoms in total. The molecule has 0 amide bonds. The molecule has 0 N–H and O–H groups in total. The fourth-order valence-electron chi connectivity index (χ4n) is 8.13. The van der Waals surface area contributed by atoms with Crippen molar-refractivity contribution in [2.75, 3.05) is 0 Å². The normalized spacial score (nSPS) is 42.3. The molecule has 6 atom stereocenters. The SMILES string of the molecule is CC(=O)O[C@H]1CC[C@@]2(C)C(=CCC3(C)[C@@H]4CC=C(c5cccnc5)C4(C)CC[C@@H]32)C1. The lowest BCUT2D eigenvalue weighted by molar-refractivity contribution is -0.149. The summed E-state index contributed by atoms with van der Waals surface area (Å²) < 4.78 is 5.60. The lowest BCUT2D eigenvalue weighted by atomic mass is 9.41. The van der Waals surface area contributed by atoms with E-state index in [9.17, 15) is 4.79 Å². The molecule has 5 rings (SSSR count). The average molecular weight is 406 g/mol. The molecule has 0 bridgehead atoms. The third-order valence-corrected chi connectivity index (χ3v) is 9.52. The van der Waals surface area contributed by atoms with Crippen molar-refractivity contribution in [3.05, 3.63) is 47.8 Å². The van der Waals surface area contributed by atoms with Crippen LogP contribution in [0, 0.1) is 28.1 Å². The fourth-order valence-corrected chi connectivity index (χ4v) is 8.13. The standard InChI is InChI=1S/C27H35NO2/c1-18(29)30-21-10-13-25(2)20(16-21)9-12-27(4)23-8-7-22(19-6-5-15-28-17-19)26(23,3)14-11-24(25)27/h5-7,9,15,17,21,23-24H,8,10-14,16H2,1-4H3/t21-,23+,24+,25-,26?,27?/m0/s1. The summed E-state index contributed by atoms with van der Waals surface area (Å²) in [6.45, 7) is 9.15. The number of rotatable bonds is 2. The van der Waals surface area contributed by atoms with Gasteiger partial charge in [0.15, 0.2) is 0 Å². The van der Waals surface area contributed by atoms with Crippen molar-refractivity contribution in [3.8, 4) is 0 Å². The van der Waals surface area contributed by atoms with Crippen molar-refractivity contribution in [2.24, 2.45) is 28.1 Å². The third kappa shape index (κ3) is 2.77. The molecule has 0 aromatic carbocycles. The molecule has 0 spiro atoms. The number of ether oxygens (including phenoxy) is 1. The Labute approximate surface area is 181 Å². The van der Waals surface area contributed by atoms with Gasteiger partial charge in [0, 0.05) is 25.7 Å². The molecule has 2 saturated carbocycles. The average Bonchev–Trinajstić information content (AvgIpc) is 3.07. The molecule has 0 saturated heterocycles. The maximum atomic E-state index is 11.5. The van der Waals surface area contributed by atoms with Gasteiger partial charge in [-0.2, -0.15) is 0 Å². The summed E-state index contributed by atoms with van der Waals surface area (Å²) in [5.74, 6) is 1.25. The van der Waals surface area contributed by atoms with Crippen LogP contribution in [-0.4, -0.2) is 17.1 Å². The number of pyridine rings is 1. The summed E-state index contributed by atoms with van der Waals surface area (Å²) >= 11 is 0. The molecular weight excluding hydrogens is 370 g/mol. The van der Waals surface area contributed by atoms with E-state index in [1.54, 1.807) is 5.57 Å². The van der Waals surface area contributed by atoms with Crippen LogP contribution in [-0.2, 0) is 9.53 Å². The van der Waals surface area contributed by atoms with Crippen molar-refractivity contribution in [2.45, 2.75) is 78.7 Å². The Morgan fingerprint density at radius 3 is 2.63 bits per heavy atom. The van der Waals surface area contributed by atoms with Gasteiger partial charge >= 0.3 is 5.97 Å². The van der Waals surface area contributed by atoms with Gasteiger partial charge in [-0.25, -0.2) is 0 Å². The maximum Gasteiger partial charge on any atom is 0.302 e. The van der Waals surface area contributed by atoms with Crippen LogP contribution in [0.4, 0.5) is 0 Å². The molecule has 30 heavy (non-hydrogen) atoms. The second-order valence-corrected chi connectivity index (χ2v) is 11.0. The van der Waals surface area contributed by atoms with Crippen LogP contribution in [0.5, 0.6) is 0 Å². The predicted octanol–water partition coefficient (Wildman–Crippen LogP) is 6.36. The Morgan fingerprint density at radius 1 is 1.10 bits per heavy atom. The van der Waals surface area contributed by atoms with Crippen molar-refractivity contribution in [3.63, 3.8) is 0 Å². The highest BCUT2D eigenvalue weighted by Gasteiger charge is 2.62. The van der Waals surface area contributed by atoms with E-state index in [-0.39, 0.29) is 22.9 Å². The second-order valence-electron chi connectivity index (χ2n) is 11.0. The Balaban J connectivity index is 1.46. The summed E-state index contributed by atoms with van der Waals surface area (Å²) in [6.07, 6.45) is 17.0. The molecule has 3 heteroatoms. The highest BCUT2D eigenvalue weighted by Crippen LogP contribution is 2.71. The number of esters is 1. The van der Waals surface area contributed by atoms with E-state index < -0.39 is 0 Å². The molecule has 4 aliphatic carbocycles. The Hall–Kier alpha value is -1.90. The topological polar surface area (TPSA) is 39.2 Å². The number of hydrogen-bond donors (Lipinski definition) is 0. The van der Waals surface area contributed by atoms with Gasteiger partial charge in [-0.3, -0.25) is 9.78 Å². The summed E-state index contributed by atoms with van der Waals surface area (Å²) in [5.41, 5.74) is 5.21. The molecule has 2 fully saturated rings. The van der Waals surface area contributed by atoms with Crippen LogP contribution >= 0.6 is 0 Å². The number of hydrogen-bond acceptors (Lipinski definition) is 3. The second kappa shape index (κ2) is 6.80. The Kier molecular flexibility index (Phi) is 4.54. The fraction of sp³-hybridized carbons (Fsp3) is 0.630. The molecular formula is C27H35NO2. The quantitative estimate of drug-likeness (QED) is 0.424. The smallest absolute Gasteiger partial charge is 0.302 e. The van der Waals surface area contributed by atoms with Crippen LogP contribution in [0.2, 0.25) is 0 Å². The molecule has 2 unspecified atom stereocenters. The number of fused-ring (bicyclic) bond motifs is 5. The van der Waals surface area contributed by atoms with Gasteiger partial charge in [0.25, 0.3) is 0 Å². The van der Waals surface area contributed by atoms with Crippen LogP contribution in [0.1, 0.15) is 78.2 Å². The predicted molar refractivity (Wildman–Crippen MR) is 119 cm³/mol. The molecule has 0 aliphatic heterocycles. The van der Waals surface area contributed by atoms with Gasteiger partial charge in [0.05, 0.1) is 0 Å². The maximum absolute atomic E-state index is 11.5. The highest BCUT2D eigenvalue weighted by molar-refractivity contribution is 5.72. The number of nitrogens with zero attached hydrogens (tertiary/aromatic N) is 1. The van der Waals surface area contributed by atoms with E-state index in [2.05, 4.69) is 50.0 Å². The molecule has 1 aromatic rings. The van der Waals surface area contributed by atoms with Crippen LogP contribution in [0.15, 0.2) is 42.3 Å². The van der Waals surface area contributed by atoms with Gasteiger partial charge in [0.2, 0.25) is 0 Å². The number of allylic oxidation sites excluding steroid dienone is 3. The van der Waals surface area contributed by atoms with Gasteiger partial charge in [-0.05, 0) is 83.8 Å². The van der Waals surface area contributed by atoms with E-state index in [1.807, 2.05) is 12.4 Å². The lowest BCUT2D eigenvalue weighted by Gasteiger charge is -2.63. The first kappa shape index (κ1) is 20.0. The minimum Gasteiger partial charge on any atom is -0.462 e. The van der Waals surface area contributed by atoms with Crippen molar-refractivity contribution < 1.29 is 9.53 Å². The Morgan fingerprint density at radius 2 is 1.90 bits per heavy atom. The van der Waals surface area contributed by atoms with Crippen LogP contribution in [0.25, 0.3) is 5.57 Å². The number of carbonyl (C=O) groups is 1. The molecule has 1 heterocycles. The van der Waals surface area contributed by atoms with Crippen molar-refractivity contribution in [1.82, 2.24) is 4.98 Å². The minimum absolute atomic E-state index is 0.0744. The first-order valence-electron chi connectivity index (χ1n) is 11.8. The lowest BCUT2D eigenvalue weighted by Crippen LogP contribution is -2.55. The Bertz CT molecular complexity index is 918. The van der Waals surface area contributed by atoms with Crippen LogP contribution < -0.4 is 0 Å². The zero-order valence-electron chi connectivity index (χ0n) is 18.9. The van der Waals surface area contributed by atoms with Gasteiger partial charge in [-0.1, -0.05) is 44.6 Å². The van der Waals surface area contributed by atoms with E-state index >= 15 is 0 Å². The largest absolute Gasteiger partial charge is 0.462 e. The third-order valence-electron chi connectivity index (χ3n) is 9.52. The minimum atomic E-state index is -0.141. The highest BCUT2D eigenvalue weighted by atomic mass is 16.5. The van der Waals surface area contributed by atoms with E-state index in [4.69, 9.17) is 4.74 Å². The van der Waals surface area contributed by atoms with Gasteiger partial charge in [0.1, 0.15) is 6.10 Å². The van der Waals surface area contributed by atoms with Gasteiger partial charge in [-0.15, -0.1) is 0 Å². The zero-order chi connectivity index (χ0) is 21.1. The molecule has 160 valence electrons. The summed E-state index contributed by atoms with van der Waals surface area (Å²) in [6, 6.07) is 4.30. The number of carbonyl (C=O) groups excluding carboxylic acids is 1. The number of aromatic nitrogens is 1. The summed E-state index contributed by atoms with van der Waals surface area (Å²) in [7, 11) is 0. The van der Waals surface area contributed by atoms with E-state index in [0.717, 1.165) is 25.7 Å². The summed E-state index contributed by atoms with van der Waals surface area (Å²) in [4.78, 5) is 15.9. The molecule has 4 aliphatic rings. The van der Waals surface area contributed by atoms with Crippen molar-refractivity contribution >= 4 is 11.5 Å². The summed E-state index contributed by atoms with van der Waals surface area (Å²) in [5, 5.41) is 0. The van der Waals surface area contributed by atoms with Crippen molar-refractivity contribution in [1.29, 1.82) is 0 Å². The first-order valence-corrected chi connectivity index (χ1v) is 11.8. The van der Waals surface area contributed by atoms with E-state index in [0.29, 0.717) is 17.3 Å². The van der Waals surface area contributed by atoms with Gasteiger partial charge < -0.3 is 4.74 Å². The molecule has 0 radical (unpaired) electrons. The zero-order valence-corrected chi connectivity index (χ0v) is 18.9. The first-order chi connectivity index (χ1) is 14.3.